The molecule has 0 aromatic rings. The van der Waals surface area contributed by atoms with Gasteiger partial charge in [0.2, 0.25) is 0 Å². The molecule has 2 rings (SSSR count). The fourth-order valence-electron chi connectivity index (χ4n) is 2.57. The third kappa shape index (κ3) is 1.42. The molecule has 0 saturated carbocycles. The Morgan fingerprint density at radius 2 is 1.38 bits per heavy atom. The van der Waals surface area contributed by atoms with Crippen molar-refractivity contribution in [2.75, 3.05) is 23.0 Å². The summed E-state index contributed by atoms with van der Waals surface area (Å²) in [5.41, 5.74) is 0. The largest absolute Gasteiger partial charge is 0.238 e. The molecule has 2 aliphatic heterocycles. The van der Waals surface area contributed by atoms with Crippen LogP contribution in [0.3, 0.4) is 0 Å². The number of rotatable bonds is 0. The first-order valence-electron chi connectivity index (χ1n) is 4.83. The summed E-state index contributed by atoms with van der Waals surface area (Å²) < 4.78 is 0. The minimum Gasteiger partial charge on any atom is -0.238 e. The van der Waals surface area contributed by atoms with Crippen LogP contribution >= 0.6 is 10.0 Å². The Balaban J connectivity index is 2.14. The molecule has 2 nitrogen and oxygen atoms in total. The molecular weight excluding hydrogens is 180 g/mol. The van der Waals surface area contributed by atoms with Gasteiger partial charge in [-0.05, 0) is 35.9 Å². The molecule has 0 bridgehead atoms. The lowest BCUT2D eigenvalue weighted by atomic mass is 10.00. The zero-order valence-corrected chi connectivity index (χ0v) is 8.52. The van der Waals surface area contributed by atoms with Gasteiger partial charge in [0.1, 0.15) is 0 Å². The predicted octanol–water partition coefficient (Wildman–Crippen LogP) is 1.88. The molecule has 0 aromatic carbocycles. The van der Waals surface area contributed by atoms with Crippen molar-refractivity contribution in [2.45, 2.75) is 12.8 Å². The van der Waals surface area contributed by atoms with E-state index in [0.717, 1.165) is 11.5 Å². The Labute approximate surface area is 80.9 Å². The van der Waals surface area contributed by atoms with E-state index < -0.39 is 10.0 Å². The quantitative estimate of drug-likeness (QED) is 0.591. The van der Waals surface area contributed by atoms with Crippen LogP contribution in [0, 0.1) is 34.5 Å². The summed E-state index contributed by atoms with van der Waals surface area (Å²) in [5.74, 6) is 4.92. The zero-order chi connectivity index (χ0) is 9.31. The standard InChI is InChI=1S/C10H14N2S/c11-5-9-7-13(3-1-2-4-13)8-10(9)6-12/h9-10H,1-4,7-8H2. The Morgan fingerprint density at radius 3 is 1.77 bits per heavy atom. The molecule has 2 heterocycles. The highest BCUT2D eigenvalue weighted by Crippen LogP contribution is 2.61. The zero-order valence-electron chi connectivity index (χ0n) is 7.70. The first-order chi connectivity index (χ1) is 6.29. The van der Waals surface area contributed by atoms with E-state index in [9.17, 15) is 0 Å². The third-order valence-electron chi connectivity index (χ3n) is 3.29. The van der Waals surface area contributed by atoms with Crippen LogP contribution in [0.15, 0.2) is 0 Å². The molecule has 0 aliphatic carbocycles. The first kappa shape index (κ1) is 8.91. The predicted molar refractivity (Wildman–Crippen MR) is 54.5 cm³/mol. The monoisotopic (exact) mass is 194 g/mol. The van der Waals surface area contributed by atoms with Crippen molar-refractivity contribution in [3.8, 4) is 12.1 Å². The maximum Gasteiger partial charge on any atom is 0.0704 e. The Bertz CT molecular complexity index is 256. The van der Waals surface area contributed by atoms with Gasteiger partial charge in [-0.15, -0.1) is 0 Å². The molecule has 0 N–H and O–H groups in total. The van der Waals surface area contributed by atoms with Gasteiger partial charge in [-0.25, -0.2) is 10.0 Å². The van der Waals surface area contributed by atoms with Crippen LogP contribution in [0.1, 0.15) is 12.8 Å². The number of hydrogen-bond acceptors (Lipinski definition) is 2. The summed E-state index contributed by atoms with van der Waals surface area (Å²) >= 11 is 0. The fraction of sp³-hybridized carbons (Fsp3) is 0.800. The van der Waals surface area contributed by atoms with E-state index in [4.69, 9.17) is 10.5 Å². The van der Waals surface area contributed by atoms with Gasteiger partial charge in [-0.2, -0.15) is 10.5 Å². The molecule has 2 aliphatic rings. The van der Waals surface area contributed by atoms with Crippen molar-refractivity contribution in [2.24, 2.45) is 11.8 Å². The molecule has 70 valence electrons. The molecule has 2 fully saturated rings. The van der Waals surface area contributed by atoms with Gasteiger partial charge in [-0.3, -0.25) is 0 Å². The SMILES string of the molecule is N#CC1CS2(CCCC2)CC1C#N. The summed E-state index contributed by atoms with van der Waals surface area (Å²) in [7, 11) is -0.493. The van der Waals surface area contributed by atoms with E-state index in [2.05, 4.69) is 12.1 Å². The van der Waals surface area contributed by atoms with Crippen molar-refractivity contribution in [1.29, 1.82) is 10.5 Å². The highest BCUT2D eigenvalue weighted by Gasteiger charge is 2.43. The average molecular weight is 194 g/mol. The molecule has 2 atom stereocenters. The van der Waals surface area contributed by atoms with Gasteiger partial charge < -0.3 is 0 Å². The van der Waals surface area contributed by atoms with E-state index >= 15 is 0 Å². The van der Waals surface area contributed by atoms with Crippen LogP contribution < -0.4 is 0 Å². The summed E-state index contributed by atoms with van der Waals surface area (Å²) in [5, 5.41) is 17.8. The summed E-state index contributed by atoms with van der Waals surface area (Å²) in [6, 6.07) is 4.63. The Hall–Kier alpha value is -0.670. The van der Waals surface area contributed by atoms with Crippen LogP contribution in [-0.4, -0.2) is 23.0 Å². The van der Waals surface area contributed by atoms with E-state index in [0.29, 0.717) is 0 Å². The minimum atomic E-state index is -0.493. The molecule has 0 radical (unpaired) electrons. The van der Waals surface area contributed by atoms with Crippen molar-refractivity contribution in [3.63, 3.8) is 0 Å². The van der Waals surface area contributed by atoms with Gasteiger partial charge in [0.05, 0.1) is 24.0 Å². The van der Waals surface area contributed by atoms with E-state index in [-0.39, 0.29) is 11.8 Å². The summed E-state index contributed by atoms with van der Waals surface area (Å²) in [6.07, 6.45) is 2.68. The van der Waals surface area contributed by atoms with Crippen LogP contribution in [0.25, 0.3) is 0 Å². The second-order valence-electron chi connectivity index (χ2n) is 4.14. The Kier molecular flexibility index (Phi) is 2.22. The molecular formula is C10H14N2S. The smallest absolute Gasteiger partial charge is 0.0704 e. The molecule has 2 saturated heterocycles. The first-order valence-corrected chi connectivity index (χ1v) is 7.14. The topological polar surface area (TPSA) is 47.6 Å². The van der Waals surface area contributed by atoms with Crippen molar-refractivity contribution in [3.05, 3.63) is 0 Å². The van der Waals surface area contributed by atoms with Crippen LogP contribution in [0.2, 0.25) is 0 Å². The highest BCUT2D eigenvalue weighted by atomic mass is 32.3. The lowest BCUT2D eigenvalue weighted by Crippen LogP contribution is -2.06. The second kappa shape index (κ2) is 3.24. The van der Waals surface area contributed by atoms with Gasteiger partial charge in [0, 0.05) is 0 Å². The lowest BCUT2D eigenvalue weighted by Gasteiger charge is -2.29. The minimum absolute atomic E-state index is 0.0538. The number of nitriles is 2. The average Bonchev–Trinajstić information content (AvgIpc) is 2.74. The van der Waals surface area contributed by atoms with Crippen molar-refractivity contribution in [1.82, 2.24) is 0 Å². The lowest BCUT2D eigenvalue weighted by molar-refractivity contribution is 0.626. The van der Waals surface area contributed by atoms with Gasteiger partial charge in [0.25, 0.3) is 0 Å². The summed E-state index contributed by atoms with van der Waals surface area (Å²) in [6.45, 7) is 0. The maximum atomic E-state index is 8.92. The van der Waals surface area contributed by atoms with Crippen LogP contribution in [0.4, 0.5) is 0 Å². The molecule has 1 spiro atoms. The van der Waals surface area contributed by atoms with E-state index in [1.54, 1.807) is 0 Å². The number of hydrogen-bond donors (Lipinski definition) is 0. The van der Waals surface area contributed by atoms with E-state index in [1.165, 1.54) is 24.3 Å². The summed E-state index contributed by atoms with van der Waals surface area (Å²) in [4.78, 5) is 0. The molecule has 0 aromatic heterocycles. The third-order valence-corrected chi connectivity index (χ3v) is 7.73. The van der Waals surface area contributed by atoms with Crippen molar-refractivity contribution < 1.29 is 0 Å². The van der Waals surface area contributed by atoms with Crippen LogP contribution in [0.5, 0.6) is 0 Å². The van der Waals surface area contributed by atoms with Crippen molar-refractivity contribution >= 4 is 10.0 Å². The molecule has 0 amide bonds. The normalized spacial score (nSPS) is 38.3. The van der Waals surface area contributed by atoms with E-state index in [1.807, 2.05) is 0 Å². The number of nitrogens with zero attached hydrogens (tertiary/aromatic N) is 2. The maximum absolute atomic E-state index is 8.92. The van der Waals surface area contributed by atoms with Gasteiger partial charge >= 0.3 is 0 Å². The Morgan fingerprint density at radius 1 is 0.923 bits per heavy atom. The molecule has 13 heavy (non-hydrogen) atoms. The molecule has 2 unspecified atom stereocenters. The van der Waals surface area contributed by atoms with Gasteiger partial charge in [0.15, 0.2) is 0 Å². The highest BCUT2D eigenvalue weighted by molar-refractivity contribution is 8.34. The fourth-order valence-corrected chi connectivity index (χ4v) is 7.35. The second-order valence-corrected chi connectivity index (χ2v) is 8.08. The van der Waals surface area contributed by atoms with Crippen LogP contribution in [-0.2, 0) is 0 Å². The van der Waals surface area contributed by atoms with Gasteiger partial charge in [-0.1, -0.05) is 0 Å². The molecule has 3 heteroatoms.